The van der Waals surface area contributed by atoms with Gasteiger partial charge in [-0.3, -0.25) is 9.97 Å². The summed E-state index contributed by atoms with van der Waals surface area (Å²) in [6.07, 6.45) is 2.81. The van der Waals surface area contributed by atoms with Crippen LogP contribution in [-0.2, 0) is 5.41 Å². The second kappa shape index (κ2) is 3.42. The predicted octanol–water partition coefficient (Wildman–Crippen LogP) is 1.83. The molecule has 0 saturated heterocycles. The third-order valence-corrected chi connectivity index (χ3v) is 1.87. The zero-order valence-corrected chi connectivity index (χ0v) is 8.57. The quantitative estimate of drug-likeness (QED) is 0.717. The fourth-order valence-electron chi connectivity index (χ4n) is 0.941. The molecule has 0 radical (unpaired) electrons. The summed E-state index contributed by atoms with van der Waals surface area (Å²) in [4.78, 5) is 8.38. The van der Waals surface area contributed by atoms with E-state index in [4.69, 9.17) is 0 Å². The number of aliphatic hydroxyl groups is 1. The van der Waals surface area contributed by atoms with Gasteiger partial charge in [0.2, 0.25) is 0 Å². The standard InChI is InChI=1S/C10H16N2O/c1-7(13)8-5-12-9(6-11-8)10(2,3)4/h5-7,13H,1-4H3. The van der Waals surface area contributed by atoms with Crippen LogP contribution in [0.5, 0.6) is 0 Å². The highest BCUT2D eigenvalue weighted by Gasteiger charge is 2.15. The lowest BCUT2D eigenvalue weighted by Crippen LogP contribution is -2.14. The molecule has 0 bridgehead atoms. The first-order chi connectivity index (χ1) is 5.91. The molecule has 1 aromatic rings. The average molecular weight is 180 g/mol. The summed E-state index contributed by atoms with van der Waals surface area (Å²) < 4.78 is 0. The van der Waals surface area contributed by atoms with Crippen LogP contribution in [0.1, 0.15) is 45.2 Å². The molecule has 0 fully saturated rings. The summed E-state index contributed by atoms with van der Waals surface area (Å²) in [6, 6.07) is 0. The van der Waals surface area contributed by atoms with Crippen LogP contribution < -0.4 is 0 Å². The lowest BCUT2D eigenvalue weighted by molar-refractivity contribution is 0.193. The van der Waals surface area contributed by atoms with Gasteiger partial charge in [0.15, 0.2) is 0 Å². The second-order valence-electron chi connectivity index (χ2n) is 4.25. The molecule has 0 spiro atoms. The van der Waals surface area contributed by atoms with Crippen molar-refractivity contribution in [3.05, 3.63) is 23.8 Å². The number of hydrogen-bond acceptors (Lipinski definition) is 3. The SMILES string of the molecule is CC(O)c1cnc(C(C)(C)C)cn1. The fraction of sp³-hybridized carbons (Fsp3) is 0.600. The maximum atomic E-state index is 9.21. The molecule has 1 heterocycles. The van der Waals surface area contributed by atoms with Gasteiger partial charge in [0.25, 0.3) is 0 Å². The van der Waals surface area contributed by atoms with Gasteiger partial charge in [-0.15, -0.1) is 0 Å². The van der Waals surface area contributed by atoms with Gasteiger partial charge >= 0.3 is 0 Å². The van der Waals surface area contributed by atoms with Gasteiger partial charge in [0.05, 0.1) is 23.7 Å². The molecule has 3 heteroatoms. The Morgan fingerprint density at radius 3 is 2.15 bits per heavy atom. The van der Waals surface area contributed by atoms with Crippen molar-refractivity contribution in [2.75, 3.05) is 0 Å². The van der Waals surface area contributed by atoms with Crippen LogP contribution in [0.15, 0.2) is 12.4 Å². The van der Waals surface area contributed by atoms with Gasteiger partial charge in [0, 0.05) is 11.6 Å². The minimum Gasteiger partial charge on any atom is -0.387 e. The van der Waals surface area contributed by atoms with Crippen molar-refractivity contribution in [2.24, 2.45) is 0 Å². The summed E-state index contributed by atoms with van der Waals surface area (Å²) in [5.41, 5.74) is 1.58. The zero-order chi connectivity index (χ0) is 10.1. The molecular formula is C10H16N2O. The first kappa shape index (κ1) is 10.1. The third kappa shape index (κ3) is 2.49. The van der Waals surface area contributed by atoms with Gasteiger partial charge in [-0.25, -0.2) is 0 Å². The molecule has 0 aliphatic carbocycles. The lowest BCUT2D eigenvalue weighted by Gasteiger charge is -2.17. The van der Waals surface area contributed by atoms with E-state index in [1.165, 1.54) is 0 Å². The molecular weight excluding hydrogens is 164 g/mol. The maximum Gasteiger partial charge on any atom is 0.0947 e. The van der Waals surface area contributed by atoms with Crippen LogP contribution in [0.25, 0.3) is 0 Å². The van der Waals surface area contributed by atoms with Crippen molar-refractivity contribution < 1.29 is 5.11 Å². The van der Waals surface area contributed by atoms with Crippen molar-refractivity contribution in [3.8, 4) is 0 Å². The molecule has 3 nitrogen and oxygen atoms in total. The van der Waals surface area contributed by atoms with Crippen LogP contribution in [0.3, 0.4) is 0 Å². The molecule has 72 valence electrons. The molecule has 0 saturated carbocycles. The molecule has 0 amide bonds. The molecule has 0 aliphatic heterocycles. The van der Waals surface area contributed by atoms with E-state index >= 15 is 0 Å². The number of aliphatic hydroxyl groups excluding tert-OH is 1. The van der Waals surface area contributed by atoms with Crippen LogP contribution in [-0.4, -0.2) is 15.1 Å². The molecule has 1 unspecified atom stereocenters. The maximum absolute atomic E-state index is 9.21. The summed E-state index contributed by atoms with van der Waals surface area (Å²) in [5, 5.41) is 9.21. The van der Waals surface area contributed by atoms with E-state index in [0.717, 1.165) is 5.69 Å². The largest absolute Gasteiger partial charge is 0.387 e. The molecule has 1 aromatic heterocycles. The van der Waals surface area contributed by atoms with E-state index in [9.17, 15) is 5.11 Å². The van der Waals surface area contributed by atoms with Crippen molar-refractivity contribution >= 4 is 0 Å². The normalized spacial score (nSPS) is 14.2. The topological polar surface area (TPSA) is 46.0 Å². The van der Waals surface area contributed by atoms with E-state index in [1.807, 2.05) is 0 Å². The van der Waals surface area contributed by atoms with Crippen LogP contribution >= 0.6 is 0 Å². The average Bonchev–Trinajstić information content (AvgIpc) is 2.03. The Morgan fingerprint density at radius 1 is 1.23 bits per heavy atom. The molecule has 1 rings (SSSR count). The minimum atomic E-state index is -0.540. The van der Waals surface area contributed by atoms with Crippen molar-refractivity contribution in [2.45, 2.75) is 39.2 Å². The highest BCUT2D eigenvalue weighted by Crippen LogP contribution is 2.19. The Labute approximate surface area is 78.9 Å². The number of hydrogen-bond donors (Lipinski definition) is 1. The Hall–Kier alpha value is -0.960. The van der Waals surface area contributed by atoms with E-state index < -0.39 is 6.10 Å². The zero-order valence-electron chi connectivity index (χ0n) is 8.57. The van der Waals surface area contributed by atoms with Gasteiger partial charge in [-0.2, -0.15) is 0 Å². The Kier molecular flexibility index (Phi) is 2.66. The van der Waals surface area contributed by atoms with E-state index in [0.29, 0.717) is 5.69 Å². The Morgan fingerprint density at radius 2 is 1.85 bits per heavy atom. The molecule has 0 aromatic carbocycles. The van der Waals surface area contributed by atoms with Crippen molar-refractivity contribution in [1.82, 2.24) is 9.97 Å². The number of aromatic nitrogens is 2. The number of nitrogens with zero attached hydrogens (tertiary/aromatic N) is 2. The van der Waals surface area contributed by atoms with Gasteiger partial charge in [-0.05, 0) is 6.92 Å². The third-order valence-electron chi connectivity index (χ3n) is 1.87. The first-order valence-corrected chi connectivity index (χ1v) is 4.42. The Balaban J connectivity index is 2.94. The van der Waals surface area contributed by atoms with Crippen molar-refractivity contribution in [3.63, 3.8) is 0 Å². The monoisotopic (exact) mass is 180 g/mol. The van der Waals surface area contributed by atoms with Gasteiger partial charge in [0.1, 0.15) is 0 Å². The first-order valence-electron chi connectivity index (χ1n) is 4.42. The summed E-state index contributed by atoms with van der Waals surface area (Å²) in [5.74, 6) is 0. The van der Waals surface area contributed by atoms with Crippen molar-refractivity contribution in [1.29, 1.82) is 0 Å². The Bertz CT molecular complexity index is 272. The minimum absolute atomic E-state index is 0.0181. The molecule has 13 heavy (non-hydrogen) atoms. The molecule has 1 atom stereocenters. The van der Waals surface area contributed by atoms with Crippen LogP contribution in [0.4, 0.5) is 0 Å². The predicted molar refractivity (Wildman–Crippen MR) is 51.4 cm³/mol. The molecule has 0 aliphatic rings. The van der Waals surface area contributed by atoms with Gasteiger partial charge in [-0.1, -0.05) is 20.8 Å². The fourth-order valence-corrected chi connectivity index (χ4v) is 0.941. The molecule has 1 N–H and O–H groups in total. The van der Waals surface area contributed by atoms with Crippen LogP contribution in [0, 0.1) is 0 Å². The summed E-state index contributed by atoms with van der Waals surface area (Å²) >= 11 is 0. The smallest absolute Gasteiger partial charge is 0.0947 e. The van der Waals surface area contributed by atoms with E-state index in [2.05, 4.69) is 30.7 Å². The van der Waals surface area contributed by atoms with Crippen LogP contribution in [0.2, 0.25) is 0 Å². The number of rotatable bonds is 1. The summed E-state index contributed by atoms with van der Waals surface area (Å²) in [7, 11) is 0. The van der Waals surface area contributed by atoms with Gasteiger partial charge < -0.3 is 5.11 Å². The lowest BCUT2D eigenvalue weighted by atomic mass is 9.93. The second-order valence-corrected chi connectivity index (χ2v) is 4.25. The van der Waals surface area contributed by atoms with E-state index in [-0.39, 0.29) is 5.41 Å². The van der Waals surface area contributed by atoms with E-state index in [1.54, 1.807) is 19.3 Å². The summed E-state index contributed by atoms with van der Waals surface area (Å²) in [6.45, 7) is 7.93. The highest BCUT2D eigenvalue weighted by molar-refractivity contribution is 5.11. The highest BCUT2D eigenvalue weighted by atomic mass is 16.3.